The molecule has 0 atom stereocenters. The minimum atomic E-state index is 0.611. The van der Waals surface area contributed by atoms with E-state index in [9.17, 15) is 0 Å². The molecule has 0 aliphatic rings. The van der Waals surface area contributed by atoms with Gasteiger partial charge in [0, 0.05) is 24.8 Å². The van der Waals surface area contributed by atoms with Crippen LogP contribution in [0.5, 0.6) is 5.75 Å². The number of nitrogens with zero attached hydrogens (tertiary/aromatic N) is 2. The summed E-state index contributed by atoms with van der Waals surface area (Å²) < 4.78 is 7.42. The number of benzene rings is 1. The van der Waals surface area contributed by atoms with Crippen LogP contribution in [0.4, 0.5) is 0 Å². The molecule has 1 heterocycles. The molecule has 0 radical (unpaired) electrons. The summed E-state index contributed by atoms with van der Waals surface area (Å²) in [6.45, 7) is 5.56. The first-order valence-corrected chi connectivity index (χ1v) is 6.03. The van der Waals surface area contributed by atoms with Crippen molar-refractivity contribution in [2.75, 3.05) is 13.7 Å². The summed E-state index contributed by atoms with van der Waals surface area (Å²) in [6, 6.07) is 4.16. The Kier molecular flexibility index (Phi) is 3.67. The number of aryl methyl sites for hydroxylation is 2. The van der Waals surface area contributed by atoms with Gasteiger partial charge in [0.2, 0.25) is 0 Å². The maximum absolute atomic E-state index is 5.54. The second kappa shape index (κ2) is 5.23. The lowest BCUT2D eigenvalue weighted by molar-refractivity contribution is 0.416. The lowest BCUT2D eigenvalue weighted by atomic mass is 10.0. The summed E-state index contributed by atoms with van der Waals surface area (Å²) in [5.74, 6) is 0.857. The highest BCUT2D eigenvalue weighted by Gasteiger charge is 2.10. The average molecular weight is 245 g/mol. The van der Waals surface area contributed by atoms with Crippen LogP contribution in [0.3, 0.4) is 0 Å². The topological polar surface area (TPSA) is 53.1 Å². The maximum Gasteiger partial charge on any atom is 0.128 e. The van der Waals surface area contributed by atoms with Gasteiger partial charge < -0.3 is 15.0 Å². The lowest BCUT2D eigenvalue weighted by Gasteiger charge is -2.10. The van der Waals surface area contributed by atoms with E-state index >= 15 is 0 Å². The molecule has 0 fully saturated rings. The molecule has 1 aromatic carbocycles. The van der Waals surface area contributed by atoms with Crippen LogP contribution in [-0.4, -0.2) is 23.2 Å². The fourth-order valence-corrected chi connectivity index (χ4v) is 1.93. The summed E-state index contributed by atoms with van der Waals surface area (Å²) in [5, 5.41) is 0. The maximum atomic E-state index is 5.54. The van der Waals surface area contributed by atoms with Crippen LogP contribution < -0.4 is 10.5 Å². The Balaban J connectivity index is 2.45. The molecule has 0 saturated carbocycles. The molecular formula is C14H19N3O. The zero-order chi connectivity index (χ0) is 13.1. The summed E-state index contributed by atoms with van der Waals surface area (Å²) in [7, 11) is 1.69. The molecule has 4 nitrogen and oxygen atoms in total. The number of imidazole rings is 1. The van der Waals surface area contributed by atoms with Crippen molar-refractivity contribution in [2.24, 2.45) is 5.73 Å². The number of hydrogen-bond donors (Lipinski definition) is 1. The van der Waals surface area contributed by atoms with Gasteiger partial charge in [0.15, 0.2) is 0 Å². The zero-order valence-corrected chi connectivity index (χ0v) is 11.1. The van der Waals surface area contributed by atoms with Gasteiger partial charge in [-0.05, 0) is 37.1 Å². The summed E-state index contributed by atoms with van der Waals surface area (Å²) in [5.41, 5.74) is 9.93. The van der Waals surface area contributed by atoms with E-state index in [0.717, 1.165) is 23.6 Å². The van der Waals surface area contributed by atoms with E-state index in [4.69, 9.17) is 10.5 Å². The van der Waals surface area contributed by atoms with Gasteiger partial charge in [-0.3, -0.25) is 0 Å². The first-order valence-electron chi connectivity index (χ1n) is 6.03. The Morgan fingerprint density at radius 2 is 2.00 bits per heavy atom. The number of methoxy groups -OCH3 is 1. The Morgan fingerprint density at radius 3 is 2.67 bits per heavy atom. The molecule has 2 rings (SSSR count). The van der Waals surface area contributed by atoms with Crippen LogP contribution in [0.2, 0.25) is 0 Å². The van der Waals surface area contributed by atoms with Crippen molar-refractivity contribution < 1.29 is 4.74 Å². The van der Waals surface area contributed by atoms with Crippen LogP contribution in [0.25, 0.3) is 11.3 Å². The van der Waals surface area contributed by atoms with Gasteiger partial charge in [-0.2, -0.15) is 0 Å². The predicted octanol–water partition coefficient (Wildman–Crippen LogP) is 2.13. The highest BCUT2D eigenvalue weighted by Crippen LogP contribution is 2.31. The number of rotatable bonds is 4. The summed E-state index contributed by atoms with van der Waals surface area (Å²) >= 11 is 0. The molecule has 18 heavy (non-hydrogen) atoms. The van der Waals surface area contributed by atoms with Gasteiger partial charge in [0.25, 0.3) is 0 Å². The van der Waals surface area contributed by atoms with E-state index in [2.05, 4.69) is 24.9 Å². The van der Waals surface area contributed by atoms with Gasteiger partial charge in [-0.1, -0.05) is 0 Å². The largest absolute Gasteiger partial charge is 0.496 e. The highest BCUT2D eigenvalue weighted by atomic mass is 16.5. The smallest absolute Gasteiger partial charge is 0.128 e. The predicted molar refractivity (Wildman–Crippen MR) is 72.7 cm³/mol. The van der Waals surface area contributed by atoms with E-state index in [1.807, 2.05) is 16.8 Å². The Bertz CT molecular complexity index is 546. The fraction of sp³-hybridized carbons (Fsp3) is 0.357. The van der Waals surface area contributed by atoms with Gasteiger partial charge in [0.05, 0.1) is 19.1 Å². The van der Waals surface area contributed by atoms with Gasteiger partial charge in [-0.25, -0.2) is 4.98 Å². The minimum Gasteiger partial charge on any atom is -0.496 e. The van der Waals surface area contributed by atoms with E-state index < -0.39 is 0 Å². The van der Waals surface area contributed by atoms with Gasteiger partial charge in [0.1, 0.15) is 5.75 Å². The molecule has 1 aromatic heterocycles. The third kappa shape index (κ3) is 2.38. The van der Waals surface area contributed by atoms with Crippen LogP contribution in [0.15, 0.2) is 24.7 Å². The third-order valence-corrected chi connectivity index (χ3v) is 3.11. The second-order valence-electron chi connectivity index (χ2n) is 4.42. The SMILES string of the molecule is COc1cc(C)c(C)cc1-c1cn(CCN)cn1. The standard InChI is InChI=1S/C14H19N3O/c1-10-6-12(14(18-3)7-11(10)2)13-8-17(5-4-15)9-16-13/h6-9H,4-5,15H2,1-3H3. The highest BCUT2D eigenvalue weighted by molar-refractivity contribution is 5.68. The van der Waals surface area contributed by atoms with Crippen LogP contribution in [-0.2, 0) is 6.54 Å². The van der Waals surface area contributed by atoms with E-state index in [-0.39, 0.29) is 0 Å². The number of nitrogens with two attached hydrogens (primary N) is 1. The van der Waals surface area contributed by atoms with Crippen LogP contribution in [0.1, 0.15) is 11.1 Å². The molecule has 0 unspecified atom stereocenters. The van der Waals surface area contributed by atoms with Crippen molar-refractivity contribution in [3.63, 3.8) is 0 Å². The lowest BCUT2D eigenvalue weighted by Crippen LogP contribution is -2.07. The first kappa shape index (κ1) is 12.6. The third-order valence-electron chi connectivity index (χ3n) is 3.11. The molecule has 0 aliphatic carbocycles. The number of hydrogen-bond acceptors (Lipinski definition) is 3. The average Bonchev–Trinajstić information content (AvgIpc) is 2.81. The Hall–Kier alpha value is -1.81. The molecule has 0 aliphatic heterocycles. The minimum absolute atomic E-state index is 0.611. The molecular weight excluding hydrogens is 226 g/mol. The zero-order valence-electron chi connectivity index (χ0n) is 11.1. The normalized spacial score (nSPS) is 10.7. The molecule has 0 spiro atoms. The Labute approximate surface area is 107 Å². The van der Waals surface area contributed by atoms with Crippen LogP contribution in [0, 0.1) is 13.8 Å². The van der Waals surface area contributed by atoms with Crippen LogP contribution >= 0.6 is 0 Å². The molecule has 2 N–H and O–H groups in total. The molecule has 2 aromatic rings. The summed E-state index contributed by atoms with van der Waals surface area (Å²) in [4.78, 5) is 4.41. The van der Waals surface area contributed by atoms with E-state index in [1.54, 1.807) is 13.4 Å². The second-order valence-corrected chi connectivity index (χ2v) is 4.42. The van der Waals surface area contributed by atoms with Crippen molar-refractivity contribution in [3.05, 3.63) is 35.8 Å². The van der Waals surface area contributed by atoms with Crippen molar-refractivity contribution in [2.45, 2.75) is 20.4 Å². The number of ether oxygens (including phenoxy) is 1. The summed E-state index contributed by atoms with van der Waals surface area (Å²) in [6.07, 6.45) is 3.80. The van der Waals surface area contributed by atoms with Crippen molar-refractivity contribution in [1.29, 1.82) is 0 Å². The van der Waals surface area contributed by atoms with Gasteiger partial charge in [-0.15, -0.1) is 0 Å². The molecule has 96 valence electrons. The molecule has 0 saturated heterocycles. The monoisotopic (exact) mass is 245 g/mol. The van der Waals surface area contributed by atoms with Crippen molar-refractivity contribution in [1.82, 2.24) is 9.55 Å². The van der Waals surface area contributed by atoms with Gasteiger partial charge >= 0.3 is 0 Å². The fourth-order valence-electron chi connectivity index (χ4n) is 1.93. The molecule has 0 amide bonds. The first-order chi connectivity index (χ1) is 8.65. The quantitative estimate of drug-likeness (QED) is 0.897. The van der Waals surface area contributed by atoms with Crippen molar-refractivity contribution >= 4 is 0 Å². The van der Waals surface area contributed by atoms with Crippen molar-refractivity contribution in [3.8, 4) is 17.0 Å². The molecule has 0 bridgehead atoms. The number of aromatic nitrogens is 2. The molecule has 4 heteroatoms. The van der Waals surface area contributed by atoms with E-state index in [0.29, 0.717) is 6.54 Å². The van der Waals surface area contributed by atoms with E-state index in [1.165, 1.54) is 11.1 Å². The Morgan fingerprint density at radius 1 is 1.28 bits per heavy atom.